The Morgan fingerprint density at radius 1 is 1.19 bits per heavy atom. The fraction of sp³-hybridized carbons (Fsp3) is 0.389. The van der Waals surface area contributed by atoms with E-state index in [-0.39, 0.29) is 5.91 Å². The van der Waals surface area contributed by atoms with Crippen LogP contribution >= 0.6 is 0 Å². The molecular weight excluding hydrogens is 330 g/mol. The molecule has 0 spiro atoms. The number of hydrogen-bond donors (Lipinski definition) is 1. The number of nitrogens with zero attached hydrogens (tertiary/aromatic N) is 6. The van der Waals surface area contributed by atoms with Crippen molar-refractivity contribution in [2.45, 2.75) is 32.2 Å². The Morgan fingerprint density at radius 3 is 2.69 bits per heavy atom. The van der Waals surface area contributed by atoms with E-state index in [9.17, 15) is 4.79 Å². The van der Waals surface area contributed by atoms with Crippen molar-refractivity contribution in [2.75, 3.05) is 13.1 Å². The summed E-state index contributed by atoms with van der Waals surface area (Å²) in [6.45, 7) is 4.11. The highest BCUT2D eigenvalue weighted by Gasteiger charge is 2.27. The summed E-state index contributed by atoms with van der Waals surface area (Å²) in [5, 5.41) is 11.6. The van der Waals surface area contributed by atoms with Crippen LogP contribution in [0.1, 0.15) is 42.0 Å². The zero-order valence-electron chi connectivity index (χ0n) is 14.7. The van der Waals surface area contributed by atoms with Crippen molar-refractivity contribution in [3.8, 4) is 11.4 Å². The molecule has 8 heteroatoms. The number of aryl methyl sites for hydroxylation is 1. The van der Waals surface area contributed by atoms with Crippen molar-refractivity contribution in [2.24, 2.45) is 0 Å². The Morgan fingerprint density at radius 2 is 1.96 bits per heavy atom. The first kappa shape index (κ1) is 16.4. The van der Waals surface area contributed by atoms with Gasteiger partial charge in [0.15, 0.2) is 5.82 Å². The summed E-state index contributed by atoms with van der Waals surface area (Å²) in [6, 6.07) is 5.57. The lowest BCUT2D eigenvalue weighted by molar-refractivity contribution is 0.0698. The van der Waals surface area contributed by atoms with Crippen LogP contribution < -0.4 is 0 Å². The molecule has 4 heterocycles. The second-order valence-corrected chi connectivity index (χ2v) is 6.38. The molecule has 1 amide bonds. The van der Waals surface area contributed by atoms with E-state index in [1.54, 1.807) is 29.3 Å². The van der Waals surface area contributed by atoms with Crippen LogP contribution in [0.15, 0.2) is 36.8 Å². The van der Waals surface area contributed by atoms with E-state index in [2.05, 4.69) is 25.3 Å². The fourth-order valence-corrected chi connectivity index (χ4v) is 3.37. The van der Waals surface area contributed by atoms with Crippen LogP contribution in [0.25, 0.3) is 11.4 Å². The van der Waals surface area contributed by atoms with E-state index >= 15 is 0 Å². The smallest absolute Gasteiger partial charge is 0.272 e. The number of carbonyl (C=O) groups excluding carboxylic acids is 1. The summed E-state index contributed by atoms with van der Waals surface area (Å²) in [7, 11) is 0. The molecular formula is C18H21N7O. The summed E-state index contributed by atoms with van der Waals surface area (Å²) in [5.41, 5.74) is 1.61. The van der Waals surface area contributed by atoms with Crippen molar-refractivity contribution in [1.82, 2.24) is 34.8 Å². The first-order valence-electron chi connectivity index (χ1n) is 8.90. The largest absolute Gasteiger partial charge is 0.337 e. The number of rotatable bonds is 4. The van der Waals surface area contributed by atoms with Crippen LogP contribution in [0.3, 0.4) is 0 Å². The fourth-order valence-electron chi connectivity index (χ4n) is 3.37. The summed E-state index contributed by atoms with van der Waals surface area (Å²) in [4.78, 5) is 23.3. The van der Waals surface area contributed by atoms with Gasteiger partial charge in [-0.1, -0.05) is 0 Å². The van der Waals surface area contributed by atoms with Gasteiger partial charge in [-0.3, -0.25) is 19.6 Å². The second-order valence-electron chi connectivity index (χ2n) is 6.38. The minimum absolute atomic E-state index is 0.0536. The van der Waals surface area contributed by atoms with Crippen LogP contribution in [-0.2, 0) is 6.54 Å². The SMILES string of the molecule is CCn1nccc1C(=O)N1CCC(c2nc(-c3ccncc3)n[nH]2)CC1. The molecule has 8 nitrogen and oxygen atoms in total. The minimum Gasteiger partial charge on any atom is -0.337 e. The Labute approximate surface area is 151 Å². The Hall–Kier alpha value is -3.03. The highest BCUT2D eigenvalue weighted by atomic mass is 16.2. The third kappa shape index (κ3) is 3.10. The van der Waals surface area contributed by atoms with E-state index in [1.807, 2.05) is 24.0 Å². The second kappa shape index (κ2) is 7.07. The van der Waals surface area contributed by atoms with E-state index in [0.29, 0.717) is 37.1 Å². The summed E-state index contributed by atoms with van der Waals surface area (Å²) in [5.74, 6) is 1.92. The summed E-state index contributed by atoms with van der Waals surface area (Å²) >= 11 is 0. The molecule has 1 saturated heterocycles. The molecule has 26 heavy (non-hydrogen) atoms. The highest BCUT2D eigenvalue weighted by Crippen LogP contribution is 2.27. The molecule has 3 aromatic rings. The molecule has 1 N–H and O–H groups in total. The topological polar surface area (TPSA) is 92.6 Å². The number of amides is 1. The molecule has 0 atom stereocenters. The van der Waals surface area contributed by atoms with Gasteiger partial charge >= 0.3 is 0 Å². The molecule has 0 radical (unpaired) electrons. The number of aromatic nitrogens is 6. The van der Waals surface area contributed by atoms with Gasteiger partial charge < -0.3 is 4.90 Å². The normalized spacial score (nSPS) is 15.3. The molecule has 134 valence electrons. The standard InChI is InChI=1S/C18H21N7O/c1-2-25-15(5-10-20-25)18(26)24-11-6-14(7-12-24)17-21-16(22-23-17)13-3-8-19-9-4-13/h3-5,8-10,14H,2,6-7,11-12H2,1H3,(H,21,22,23). The number of likely N-dealkylation sites (tertiary alicyclic amines) is 1. The van der Waals surface area contributed by atoms with Crippen molar-refractivity contribution in [3.05, 3.63) is 48.3 Å². The van der Waals surface area contributed by atoms with Gasteiger partial charge in [0.25, 0.3) is 5.91 Å². The van der Waals surface area contributed by atoms with E-state index < -0.39 is 0 Å². The van der Waals surface area contributed by atoms with Crippen molar-refractivity contribution in [1.29, 1.82) is 0 Å². The van der Waals surface area contributed by atoms with Crippen LogP contribution in [0.4, 0.5) is 0 Å². The van der Waals surface area contributed by atoms with Crippen molar-refractivity contribution in [3.63, 3.8) is 0 Å². The average Bonchev–Trinajstić information content (AvgIpc) is 3.38. The lowest BCUT2D eigenvalue weighted by Crippen LogP contribution is -2.39. The molecule has 4 rings (SSSR count). The zero-order valence-corrected chi connectivity index (χ0v) is 14.7. The molecule has 0 bridgehead atoms. The number of H-pyrrole nitrogens is 1. The lowest BCUT2D eigenvalue weighted by Gasteiger charge is -2.31. The van der Waals surface area contributed by atoms with E-state index in [1.165, 1.54) is 0 Å². The van der Waals surface area contributed by atoms with Crippen LogP contribution in [0.2, 0.25) is 0 Å². The van der Waals surface area contributed by atoms with Gasteiger partial charge in [0.1, 0.15) is 11.5 Å². The number of piperidine rings is 1. The van der Waals surface area contributed by atoms with Gasteiger partial charge in [-0.15, -0.1) is 0 Å². The van der Waals surface area contributed by atoms with Crippen LogP contribution in [-0.4, -0.2) is 53.8 Å². The average molecular weight is 351 g/mol. The molecule has 3 aromatic heterocycles. The number of nitrogens with one attached hydrogen (secondary N) is 1. The first-order valence-corrected chi connectivity index (χ1v) is 8.90. The van der Waals surface area contributed by atoms with Gasteiger partial charge in [0.05, 0.1) is 0 Å². The number of hydrogen-bond acceptors (Lipinski definition) is 5. The number of pyridine rings is 1. The molecule has 0 aliphatic carbocycles. The first-order chi connectivity index (χ1) is 12.8. The summed E-state index contributed by atoms with van der Waals surface area (Å²) in [6.07, 6.45) is 6.89. The van der Waals surface area contributed by atoms with Gasteiger partial charge in [-0.25, -0.2) is 4.98 Å². The quantitative estimate of drug-likeness (QED) is 0.777. The van der Waals surface area contributed by atoms with Crippen LogP contribution in [0.5, 0.6) is 0 Å². The molecule has 1 aliphatic heterocycles. The van der Waals surface area contributed by atoms with Crippen molar-refractivity contribution >= 4 is 5.91 Å². The Balaban J connectivity index is 1.41. The van der Waals surface area contributed by atoms with Crippen molar-refractivity contribution < 1.29 is 4.79 Å². The molecule has 0 saturated carbocycles. The molecule has 1 fully saturated rings. The number of carbonyl (C=O) groups is 1. The Bertz CT molecular complexity index is 878. The van der Waals surface area contributed by atoms with Crippen LogP contribution in [0, 0.1) is 0 Å². The van der Waals surface area contributed by atoms with E-state index in [4.69, 9.17) is 0 Å². The third-order valence-electron chi connectivity index (χ3n) is 4.85. The lowest BCUT2D eigenvalue weighted by atomic mass is 9.96. The molecule has 0 aromatic carbocycles. The maximum atomic E-state index is 12.7. The highest BCUT2D eigenvalue weighted by molar-refractivity contribution is 5.92. The maximum absolute atomic E-state index is 12.7. The monoisotopic (exact) mass is 351 g/mol. The predicted octanol–water partition coefficient (Wildman–Crippen LogP) is 2.10. The predicted molar refractivity (Wildman–Crippen MR) is 95.4 cm³/mol. The summed E-state index contributed by atoms with van der Waals surface area (Å²) < 4.78 is 1.74. The van der Waals surface area contributed by atoms with Gasteiger partial charge in [0, 0.05) is 49.7 Å². The third-order valence-corrected chi connectivity index (χ3v) is 4.85. The zero-order chi connectivity index (χ0) is 17.9. The molecule has 1 aliphatic rings. The Kier molecular flexibility index (Phi) is 4.47. The molecule has 0 unspecified atom stereocenters. The van der Waals surface area contributed by atoms with Gasteiger partial charge in [-0.05, 0) is 38.0 Å². The van der Waals surface area contributed by atoms with E-state index in [0.717, 1.165) is 24.2 Å². The van der Waals surface area contributed by atoms with Gasteiger partial charge in [0.2, 0.25) is 0 Å². The maximum Gasteiger partial charge on any atom is 0.272 e. The van der Waals surface area contributed by atoms with Gasteiger partial charge in [-0.2, -0.15) is 10.2 Å². The number of aromatic amines is 1. The minimum atomic E-state index is 0.0536.